The number of likely N-dealkylation sites (tertiary alicyclic amines) is 1. The third-order valence-corrected chi connectivity index (χ3v) is 4.85. The molecule has 1 fully saturated rings. The molecule has 114 valence electrons. The molecule has 4 heteroatoms. The predicted octanol–water partition coefficient (Wildman–Crippen LogP) is 3.78. The van der Waals surface area contributed by atoms with Crippen LogP contribution in [0.15, 0.2) is 12.7 Å². The van der Waals surface area contributed by atoms with Crippen LogP contribution in [0.25, 0.3) is 0 Å². The summed E-state index contributed by atoms with van der Waals surface area (Å²) in [5.41, 5.74) is 0. The molecule has 0 spiro atoms. The van der Waals surface area contributed by atoms with Crippen LogP contribution >= 0.6 is 11.8 Å². The van der Waals surface area contributed by atoms with Gasteiger partial charge in [0.25, 0.3) is 0 Å². The van der Waals surface area contributed by atoms with E-state index >= 15 is 0 Å². The van der Waals surface area contributed by atoms with Crippen molar-refractivity contribution in [3.8, 4) is 0 Å². The van der Waals surface area contributed by atoms with Gasteiger partial charge in [0, 0.05) is 13.0 Å². The summed E-state index contributed by atoms with van der Waals surface area (Å²) >= 11 is 1.66. The molecule has 1 saturated heterocycles. The lowest BCUT2D eigenvalue weighted by molar-refractivity contribution is -0.138. The Morgan fingerprint density at radius 3 is 2.75 bits per heavy atom. The Kier molecular flexibility index (Phi) is 8.67. The van der Waals surface area contributed by atoms with Gasteiger partial charge in [-0.15, -0.1) is 18.3 Å². The van der Waals surface area contributed by atoms with Crippen molar-refractivity contribution in [3.05, 3.63) is 12.7 Å². The summed E-state index contributed by atoms with van der Waals surface area (Å²) in [6.07, 6.45) is 10.0. The van der Waals surface area contributed by atoms with Crippen molar-refractivity contribution in [2.24, 2.45) is 0 Å². The van der Waals surface area contributed by atoms with Crippen LogP contribution in [0.5, 0.6) is 0 Å². The molecule has 0 aliphatic carbocycles. The molecule has 1 atom stereocenters. The second-order valence-corrected chi connectivity index (χ2v) is 6.60. The van der Waals surface area contributed by atoms with Crippen LogP contribution in [0.2, 0.25) is 0 Å². The van der Waals surface area contributed by atoms with E-state index in [1.807, 2.05) is 6.08 Å². The van der Waals surface area contributed by atoms with Crippen LogP contribution in [-0.4, -0.2) is 34.3 Å². The number of hydrogen-bond donors (Lipinski definition) is 0. The molecule has 1 unspecified atom stereocenters. The summed E-state index contributed by atoms with van der Waals surface area (Å²) in [4.78, 5) is 25.5. The lowest BCUT2D eigenvalue weighted by atomic mass is 10.2. The number of hydrogen-bond acceptors (Lipinski definition) is 3. The molecular weight excluding hydrogens is 270 g/mol. The van der Waals surface area contributed by atoms with E-state index in [4.69, 9.17) is 0 Å². The van der Waals surface area contributed by atoms with Gasteiger partial charge < -0.3 is 0 Å². The Hall–Kier alpha value is -0.770. The average molecular weight is 297 g/mol. The van der Waals surface area contributed by atoms with E-state index in [1.54, 1.807) is 11.8 Å². The fraction of sp³-hybridized carbons (Fsp3) is 0.750. The van der Waals surface area contributed by atoms with Crippen molar-refractivity contribution in [2.45, 2.75) is 63.5 Å². The number of carbonyl (C=O) groups is 2. The van der Waals surface area contributed by atoms with Crippen molar-refractivity contribution in [1.29, 1.82) is 0 Å². The van der Waals surface area contributed by atoms with E-state index in [9.17, 15) is 9.59 Å². The summed E-state index contributed by atoms with van der Waals surface area (Å²) in [7, 11) is 0. The third kappa shape index (κ3) is 5.70. The van der Waals surface area contributed by atoms with Crippen LogP contribution < -0.4 is 0 Å². The molecule has 0 aromatic carbocycles. The first-order chi connectivity index (χ1) is 9.70. The fourth-order valence-corrected chi connectivity index (χ4v) is 3.52. The highest BCUT2D eigenvalue weighted by Crippen LogP contribution is 2.26. The van der Waals surface area contributed by atoms with Crippen LogP contribution in [0.3, 0.4) is 0 Å². The van der Waals surface area contributed by atoms with Gasteiger partial charge in [-0.25, -0.2) is 0 Å². The smallest absolute Gasteiger partial charge is 0.242 e. The minimum atomic E-state index is -0.122. The van der Waals surface area contributed by atoms with Crippen LogP contribution in [-0.2, 0) is 9.59 Å². The van der Waals surface area contributed by atoms with Crippen molar-refractivity contribution in [1.82, 2.24) is 4.90 Å². The van der Waals surface area contributed by atoms with Crippen molar-refractivity contribution < 1.29 is 9.59 Å². The molecular formula is C16H27NO2S. The van der Waals surface area contributed by atoms with E-state index in [-0.39, 0.29) is 17.1 Å². The highest BCUT2D eigenvalue weighted by atomic mass is 32.2. The van der Waals surface area contributed by atoms with Crippen LogP contribution in [0.4, 0.5) is 0 Å². The van der Waals surface area contributed by atoms with E-state index < -0.39 is 0 Å². The molecule has 3 nitrogen and oxygen atoms in total. The zero-order valence-corrected chi connectivity index (χ0v) is 13.4. The second kappa shape index (κ2) is 10.0. The van der Waals surface area contributed by atoms with Gasteiger partial charge in [0.2, 0.25) is 11.8 Å². The number of allylic oxidation sites excluding steroid dienone is 1. The quantitative estimate of drug-likeness (QED) is 0.331. The monoisotopic (exact) mass is 297 g/mol. The van der Waals surface area contributed by atoms with Gasteiger partial charge in [-0.2, -0.15) is 0 Å². The van der Waals surface area contributed by atoms with Crippen molar-refractivity contribution in [2.75, 3.05) is 12.3 Å². The van der Waals surface area contributed by atoms with E-state index in [0.717, 1.165) is 37.9 Å². The molecule has 0 aromatic heterocycles. The lowest BCUT2D eigenvalue weighted by Gasteiger charge is -2.14. The molecule has 0 bridgehead atoms. The number of amides is 2. The maximum absolute atomic E-state index is 12.1. The lowest BCUT2D eigenvalue weighted by Crippen LogP contribution is -2.32. The minimum Gasteiger partial charge on any atom is -0.282 e. The highest BCUT2D eigenvalue weighted by Gasteiger charge is 2.37. The largest absolute Gasteiger partial charge is 0.282 e. The topological polar surface area (TPSA) is 37.4 Å². The van der Waals surface area contributed by atoms with Gasteiger partial charge in [-0.05, 0) is 31.4 Å². The van der Waals surface area contributed by atoms with Crippen LogP contribution in [0.1, 0.15) is 58.3 Å². The molecule has 1 rings (SSSR count). The number of unbranched alkanes of at least 4 members (excludes halogenated alkanes) is 5. The molecule has 1 aliphatic heterocycles. The molecule has 1 aliphatic rings. The van der Waals surface area contributed by atoms with E-state index in [1.165, 1.54) is 17.7 Å². The molecule has 2 amide bonds. The third-order valence-electron chi connectivity index (χ3n) is 3.56. The highest BCUT2D eigenvalue weighted by molar-refractivity contribution is 8.00. The summed E-state index contributed by atoms with van der Waals surface area (Å²) in [6, 6.07) is 0. The molecule has 0 aromatic rings. The molecule has 1 heterocycles. The first-order valence-corrected chi connectivity index (χ1v) is 8.82. The fourth-order valence-electron chi connectivity index (χ4n) is 2.33. The summed E-state index contributed by atoms with van der Waals surface area (Å²) in [5, 5.41) is -0.122. The Bertz CT molecular complexity index is 330. The number of nitrogens with zero attached hydrogens (tertiary/aromatic N) is 1. The number of thioether (sulfide) groups is 1. The number of rotatable bonds is 11. The maximum atomic E-state index is 12.1. The summed E-state index contributed by atoms with van der Waals surface area (Å²) < 4.78 is 0. The van der Waals surface area contributed by atoms with Gasteiger partial charge in [0.05, 0.1) is 5.25 Å². The van der Waals surface area contributed by atoms with E-state index in [0.29, 0.717) is 13.0 Å². The molecule has 0 radical (unpaired) electrons. The first-order valence-electron chi connectivity index (χ1n) is 7.77. The SMILES string of the molecule is C=CCCCCCSC1CC(=O)N(CCCCC)C1=O. The Morgan fingerprint density at radius 1 is 1.25 bits per heavy atom. The van der Waals surface area contributed by atoms with Gasteiger partial charge in [0.15, 0.2) is 0 Å². The molecule has 0 saturated carbocycles. The molecule has 20 heavy (non-hydrogen) atoms. The first kappa shape index (κ1) is 17.3. The predicted molar refractivity (Wildman–Crippen MR) is 85.8 cm³/mol. The second-order valence-electron chi connectivity index (χ2n) is 5.29. The Morgan fingerprint density at radius 2 is 2.05 bits per heavy atom. The normalized spacial score (nSPS) is 18.9. The number of imide groups is 1. The standard InChI is InChI=1S/C16H27NO2S/c1-3-5-7-8-10-12-20-14-13-15(18)17(16(14)19)11-9-6-4-2/h3,14H,1,4-13H2,2H3. The van der Waals surface area contributed by atoms with Crippen molar-refractivity contribution >= 4 is 23.6 Å². The van der Waals surface area contributed by atoms with Gasteiger partial charge in [0.1, 0.15) is 0 Å². The Labute approximate surface area is 127 Å². The summed E-state index contributed by atoms with van der Waals surface area (Å²) in [6.45, 7) is 6.44. The van der Waals surface area contributed by atoms with Crippen molar-refractivity contribution in [3.63, 3.8) is 0 Å². The van der Waals surface area contributed by atoms with Gasteiger partial charge in [-0.1, -0.05) is 32.3 Å². The summed E-state index contributed by atoms with van der Waals surface area (Å²) in [5.74, 6) is 1.04. The van der Waals surface area contributed by atoms with Gasteiger partial charge in [-0.3, -0.25) is 14.5 Å². The van der Waals surface area contributed by atoms with E-state index in [2.05, 4.69) is 13.5 Å². The maximum Gasteiger partial charge on any atom is 0.242 e. The average Bonchev–Trinajstić information content (AvgIpc) is 2.70. The Balaban J connectivity index is 2.22. The number of carbonyl (C=O) groups excluding carboxylic acids is 2. The molecule has 0 N–H and O–H groups in total. The van der Waals surface area contributed by atoms with Crippen LogP contribution in [0, 0.1) is 0 Å². The zero-order chi connectivity index (χ0) is 14.8. The van der Waals surface area contributed by atoms with Gasteiger partial charge >= 0.3 is 0 Å². The zero-order valence-electron chi connectivity index (χ0n) is 12.6. The minimum absolute atomic E-state index is 0.0234.